The van der Waals surface area contributed by atoms with E-state index in [2.05, 4.69) is 18.2 Å². The van der Waals surface area contributed by atoms with Crippen LogP contribution in [0.15, 0.2) is 42.5 Å². The van der Waals surface area contributed by atoms with E-state index in [0.29, 0.717) is 19.4 Å². The third kappa shape index (κ3) is 3.07. The number of cyclic esters (lactones) is 1. The Labute approximate surface area is 136 Å². The maximum Gasteiger partial charge on any atom is 0.416 e. The van der Waals surface area contributed by atoms with E-state index in [1.165, 1.54) is 4.90 Å². The standard InChI is InChI=1S/C19H21NO3/c1-13(2)17-12-23-19(22)20(17)18(21)11-10-15-8-5-7-14-6-3-4-9-16(14)15/h3-9,13,17H,10-12H2,1-2H3. The van der Waals surface area contributed by atoms with E-state index in [9.17, 15) is 9.59 Å². The van der Waals surface area contributed by atoms with Gasteiger partial charge in [-0.15, -0.1) is 0 Å². The Bertz CT molecular complexity index is 733. The van der Waals surface area contributed by atoms with Gasteiger partial charge in [-0.05, 0) is 28.7 Å². The average Bonchev–Trinajstić information content (AvgIpc) is 2.94. The fourth-order valence-corrected chi connectivity index (χ4v) is 3.09. The molecule has 1 unspecified atom stereocenters. The minimum atomic E-state index is -0.508. The smallest absolute Gasteiger partial charge is 0.416 e. The molecular weight excluding hydrogens is 290 g/mol. The van der Waals surface area contributed by atoms with Crippen molar-refractivity contribution in [2.24, 2.45) is 5.92 Å². The number of hydrogen-bond acceptors (Lipinski definition) is 3. The van der Waals surface area contributed by atoms with Crippen molar-refractivity contribution in [3.05, 3.63) is 48.0 Å². The molecule has 23 heavy (non-hydrogen) atoms. The fourth-order valence-electron chi connectivity index (χ4n) is 3.09. The molecule has 3 rings (SSSR count). The highest BCUT2D eigenvalue weighted by atomic mass is 16.6. The first-order valence-corrected chi connectivity index (χ1v) is 8.03. The number of ether oxygens (including phenoxy) is 1. The molecule has 4 heteroatoms. The lowest BCUT2D eigenvalue weighted by Crippen LogP contribution is -2.41. The molecule has 0 radical (unpaired) electrons. The summed E-state index contributed by atoms with van der Waals surface area (Å²) in [5.74, 6) is 0.0436. The largest absolute Gasteiger partial charge is 0.447 e. The van der Waals surface area contributed by atoms with Crippen LogP contribution in [0.25, 0.3) is 10.8 Å². The SMILES string of the molecule is CC(C)C1COC(=O)N1C(=O)CCc1cccc2ccccc12. The second-order valence-corrected chi connectivity index (χ2v) is 6.29. The molecule has 0 aromatic heterocycles. The van der Waals surface area contributed by atoms with Crippen LogP contribution in [-0.2, 0) is 16.0 Å². The maximum atomic E-state index is 12.5. The first-order valence-electron chi connectivity index (χ1n) is 8.03. The van der Waals surface area contributed by atoms with Crippen molar-refractivity contribution in [2.45, 2.75) is 32.7 Å². The van der Waals surface area contributed by atoms with Gasteiger partial charge >= 0.3 is 6.09 Å². The predicted octanol–water partition coefficient (Wildman–Crippen LogP) is 3.78. The molecule has 0 saturated carbocycles. The lowest BCUT2D eigenvalue weighted by Gasteiger charge is -2.22. The summed E-state index contributed by atoms with van der Waals surface area (Å²) in [5.41, 5.74) is 1.13. The monoisotopic (exact) mass is 311 g/mol. The molecule has 0 bridgehead atoms. The van der Waals surface area contributed by atoms with Gasteiger partial charge in [0.05, 0.1) is 6.04 Å². The molecule has 1 saturated heterocycles. The number of imide groups is 1. The Morgan fingerprint density at radius 1 is 1.22 bits per heavy atom. The van der Waals surface area contributed by atoms with E-state index in [-0.39, 0.29) is 17.9 Å². The summed E-state index contributed by atoms with van der Waals surface area (Å²) in [5, 5.41) is 2.32. The molecule has 1 heterocycles. The topological polar surface area (TPSA) is 46.6 Å². The number of benzene rings is 2. The van der Waals surface area contributed by atoms with Crippen LogP contribution in [0.4, 0.5) is 4.79 Å². The second-order valence-electron chi connectivity index (χ2n) is 6.29. The van der Waals surface area contributed by atoms with E-state index >= 15 is 0 Å². The first kappa shape index (κ1) is 15.5. The Morgan fingerprint density at radius 3 is 2.74 bits per heavy atom. The quantitative estimate of drug-likeness (QED) is 0.863. The molecule has 120 valence electrons. The maximum absolute atomic E-state index is 12.5. The molecule has 0 aliphatic carbocycles. The van der Waals surface area contributed by atoms with Crippen LogP contribution in [0, 0.1) is 5.92 Å². The van der Waals surface area contributed by atoms with Crippen molar-refractivity contribution >= 4 is 22.8 Å². The summed E-state index contributed by atoms with van der Waals surface area (Å²) in [7, 11) is 0. The van der Waals surface area contributed by atoms with E-state index in [1.54, 1.807) is 0 Å². The number of carbonyl (C=O) groups excluding carboxylic acids is 2. The number of hydrogen-bond donors (Lipinski definition) is 0. The highest BCUT2D eigenvalue weighted by molar-refractivity contribution is 5.94. The van der Waals surface area contributed by atoms with Crippen molar-refractivity contribution in [3.8, 4) is 0 Å². The average molecular weight is 311 g/mol. The number of fused-ring (bicyclic) bond motifs is 1. The molecular formula is C19H21NO3. The van der Waals surface area contributed by atoms with E-state index in [0.717, 1.165) is 16.3 Å². The highest BCUT2D eigenvalue weighted by Crippen LogP contribution is 2.23. The third-order valence-electron chi connectivity index (χ3n) is 4.43. The molecule has 1 aliphatic heterocycles. The van der Waals surface area contributed by atoms with Gasteiger partial charge in [0.25, 0.3) is 0 Å². The molecule has 2 amide bonds. The Kier molecular flexibility index (Phi) is 4.33. The van der Waals surface area contributed by atoms with Gasteiger partial charge in [0.15, 0.2) is 0 Å². The van der Waals surface area contributed by atoms with E-state index in [4.69, 9.17) is 4.74 Å². The molecule has 1 fully saturated rings. The summed E-state index contributed by atoms with van der Waals surface area (Å²) >= 11 is 0. The summed E-state index contributed by atoms with van der Waals surface area (Å²) in [6.45, 7) is 4.30. The number of aryl methyl sites for hydroxylation is 1. The van der Waals surface area contributed by atoms with Gasteiger partial charge in [-0.1, -0.05) is 56.3 Å². The van der Waals surface area contributed by atoms with Gasteiger partial charge in [0.1, 0.15) is 6.61 Å². The normalized spacial score (nSPS) is 17.8. The van der Waals surface area contributed by atoms with E-state index in [1.807, 2.05) is 38.1 Å². The van der Waals surface area contributed by atoms with Crippen LogP contribution in [0.5, 0.6) is 0 Å². The number of rotatable bonds is 4. The fraction of sp³-hybridized carbons (Fsp3) is 0.368. The molecule has 0 N–H and O–H groups in total. The van der Waals surface area contributed by atoms with Gasteiger partial charge < -0.3 is 4.74 Å². The van der Waals surface area contributed by atoms with Gasteiger partial charge in [-0.25, -0.2) is 9.69 Å². The minimum absolute atomic E-state index is 0.150. The molecule has 1 atom stereocenters. The van der Waals surface area contributed by atoms with Crippen LogP contribution in [0.1, 0.15) is 25.8 Å². The predicted molar refractivity (Wildman–Crippen MR) is 89.1 cm³/mol. The number of amides is 2. The molecule has 1 aliphatic rings. The zero-order valence-electron chi connectivity index (χ0n) is 13.5. The van der Waals surface area contributed by atoms with Crippen LogP contribution in [-0.4, -0.2) is 29.5 Å². The van der Waals surface area contributed by atoms with Crippen molar-refractivity contribution in [1.29, 1.82) is 0 Å². The zero-order chi connectivity index (χ0) is 16.4. The zero-order valence-corrected chi connectivity index (χ0v) is 13.5. The van der Waals surface area contributed by atoms with Gasteiger partial charge in [-0.3, -0.25) is 4.79 Å². The molecule has 2 aromatic rings. The van der Waals surface area contributed by atoms with Crippen molar-refractivity contribution in [3.63, 3.8) is 0 Å². The van der Waals surface area contributed by atoms with Crippen LogP contribution < -0.4 is 0 Å². The van der Waals surface area contributed by atoms with Crippen LogP contribution in [0.2, 0.25) is 0 Å². The summed E-state index contributed by atoms with van der Waals surface area (Å²) in [6, 6.07) is 14.1. The number of carbonyl (C=O) groups is 2. The first-order chi connectivity index (χ1) is 11.1. The lowest BCUT2D eigenvalue weighted by molar-refractivity contribution is -0.129. The lowest BCUT2D eigenvalue weighted by atomic mass is 10.00. The Morgan fingerprint density at radius 2 is 1.96 bits per heavy atom. The molecule has 0 spiro atoms. The van der Waals surface area contributed by atoms with E-state index < -0.39 is 6.09 Å². The highest BCUT2D eigenvalue weighted by Gasteiger charge is 2.39. The van der Waals surface area contributed by atoms with Crippen molar-refractivity contribution in [1.82, 2.24) is 4.90 Å². The second kappa shape index (κ2) is 6.41. The minimum Gasteiger partial charge on any atom is -0.447 e. The van der Waals surface area contributed by atoms with Crippen LogP contribution >= 0.6 is 0 Å². The van der Waals surface area contributed by atoms with Gasteiger partial charge in [0, 0.05) is 6.42 Å². The Balaban J connectivity index is 1.74. The summed E-state index contributed by atoms with van der Waals surface area (Å²) in [6.07, 6.45) is 0.424. The molecule has 2 aromatic carbocycles. The Hall–Kier alpha value is -2.36. The van der Waals surface area contributed by atoms with Crippen molar-refractivity contribution in [2.75, 3.05) is 6.61 Å². The van der Waals surface area contributed by atoms with Gasteiger partial charge in [-0.2, -0.15) is 0 Å². The summed E-state index contributed by atoms with van der Waals surface area (Å²) in [4.78, 5) is 25.6. The number of nitrogens with zero attached hydrogens (tertiary/aromatic N) is 1. The van der Waals surface area contributed by atoms with Gasteiger partial charge in [0.2, 0.25) is 5.91 Å². The molecule has 4 nitrogen and oxygen atoms in total. The van der Waals surface area contributed by atoms with Crippen LogP contribution in [0.3, 0.4) is 0 Å². The van der Waals surface area contributed by atoms with Crippen molar-refractivity contribution < 1.29 is 14.3 Å². The summed E-state index contributed by atoms with van der Waals surface area (Å²) < 4.78 is 5.05. The third-order valence-corrected chi connectivity index (χ3v) is 4.43.